The molecule has 0 radical (unpaired) electrons. The maximum atomic E-state index is 12.8. The Hall–Kier alpha value is -2.54. The Bertz CT molecular complexity index is 775. The highest BCUT2D eigenvalue weighted by atomic mass is 32.2. The van der Waals surface area contributed by atoms with E-state index in [-0.39, 0.29) is 6.03 Å². The molecular formula is C21H26N2O4S. The minimum absolute atomic E-state index is 0.122. The molecule has 1 atom stereocenters. The molecule has 0 aromatic heterocycles. The van der Waals surface area contributed by atoms with Gasteiger partial charge in [0.2, 0.25) is 5.75 Å². The molecule has 28 heavy (non-hydrogen) atoms. The third-order valence-corrected chi connectivity index (χ3v) is 6.04. The van der Waals surface area contributed by atoms with Crippen molar-refractivity contribution in [2.45, 2.75) is 11.7 Å². The molecule has 1 saturated heterocycles. The lowest BCUT2D eigenvalue weighted by molar-refractivity contribution is 0.215. The lowest BCUT2D eigenvalue weighted by atomic mass is 10.1. The molecule has 0 bridgehead atoms. The summed E-state index contributed by atoms with van der Waals surface area (Å²) < 4.78 is 16.0. The summed E-state index contributed by atoms with van der Waals surface area (Å²) in [6, 6.07) is 13.8. The van der Waals surface area contributed by atoms with Crippen LogP contribution in [-0.4, -0.2) is 51.1 Å². The van der Waals surface area contributed by atoms with Crippen LogP contribution in [0.1, 0.15) is 17.2 Å². The highest BCUT2D eigenvalue weighted by Crippen LogP contribution is 2.40. The molecule has 0 saturated carbocycles. The summed E-state index contributed by atoms with van der Waals surface area (Å²) in [6.07, 6.45) is 0.928. The van der Waals surface area contributed by atoms with Crippen LogP contribution in [0.5, 0.6) is 17.2 Å². The predicted octanol–water partition coefficient (Wildman–Crippen LogP) is 4.42. The van der Waals surface area contributed by atoms with Gasteiger partial charge in [0.1, 0.15) is 0 Å². The van der Waals surface area contributed by atoms with Crippen molar-refractivity contribution in [3.8, 4) is 17.2 Å². The van der Waals surface area contributed by atoms with E-state index in [4.69, 9.17) is 14.2 Å². The van der Waals surface area contributed by atoms with E-state index in [0.29, 0.717) is 41.3 Å². The summed E-state index contributed by atoms with van der Waals surface area (Å²) in [4.78, 5) is 14.7. The predicted molar refractivity (Wildman–Crippen MR) is 113 cm³/mol. The van der Waals surface area contributed by atoms with Crippen molar-refractivity contribution < 1.29 is 19.0 Å². The molecule has 2 amide bonds. The van der Waals surface area contributed by atoms with Crippen LogP contribution in [0.2, 0.25) is 0 Å². The number of hydrogen-bond acceptors (Lipinski definition) is 5. The van der Waals surface area contributed by atoms with Gasteiger partial charge < -0.3 is 24.4 Å². The quantitative estimate of drug-likeness (QED) is 0.802. The minimum atomic E-state index is -0.122. The summed E-state index contributed by atoms with van der Waals surface area (Å²) in [5.74, 6) is 2.42. The Morgan fingerprint density at radius 2 is 1.71 bits per heavy atom. The van der Waals surface area contributed by atoms with Gasteiger partial charge in [-0.1, -0.05) is 30.3 Å². The number of thioether (sulfide) groups is 1. The molecule has 1 aliphatic rings. The first-order valence-corrected chi connectivity index (χ1v) is 10.2. The fourth-order valence-electron chi connectivity index (χ4n) is 3.26. The highest BCUT2D eigenvalue weighted by Gasteiger charge is 2.23. The number of carbonyl (C=O) groups excluding carboxylic acids is 1. The molecule has 2 aromatic rings. The van der Waals surface area contributed by atoms with Gasteiger partial charge in [0.05, 0.1) is 27.0 Å². The smallest absolute Gasteiger partial charge is 0.321 e. The molecule has 0 aliphatic carbocycles. The fourth-order valence-corrected chi connectivity index (χ4v) is 4.49. The van der Waals surface area contributed by atoms with E-state index >= 15 is 0 Å². The van der Waals surface area contributed by atoms with Crippen LogP contribution in [-0.2, 0) is 0 Å². The largest absolute Gasteiger partial charge is 0.493 e. The molecular weight excluding hydrogens is 376 g/mol. The normalized spacial score (nSPS) is 16.8. The topological polar surface area (TPSA) is 60.0 Å². The summed E-state index contributed by atoms with van der Waals surface area (Å²) in [5, 5.41) is 3.37. The van der Waals surface area contributed by atoms with Crippen molar-refractivity contribution in [3.63, 3.8) is 0 Å². The van der Waals surface area contributed by atoms with Gasteiger partial charge in [-0.05, 0) is 12.0 Å². The molecule has 1 N–H and O–H groups in total. The van der Waals surface area contributed by atoms with E-state index < -0.39 is 0 Å². The zero-order valence-corrected chi connectivity index (χ0v) is 17.3. The van der Waals surface area contributed by atoms with E-state index in [2.05, 4.69) is 29.6 Å². The van der Waals surface area contributed by atoms with Gasteiger partial charge in [-0.3, -0.25) is 0 Å². The van der Waals surface area contributed by atoms with Crippen LogP contribution in [0.3, 0.4) is 0 Å². The first-order chi connectivity index (χ1) is 13.7. The van der Waals surface area contributed by atoms with Crippen LogP contribution in [0.4, 0.5) is 10.5 Å². The fraction of sp³-hybridized carbons (Fsp3) is 0.381. The standard InChI is InChI=1S/C21H26N2O4S/c1-25-17-13-16(14-18(26-2)20(17)27-3)22-21(24)23-10-9-19(28-12-11-23)15-7-5-4-6-8-15/h4-8,13-14,19H,9-12H2,1-3H3,(H,22,24)/t19-/m0/s1. The van der Waals surface area contributed by atoms with Crippen molar-refractivity contribution in [2.24, 2.45) is 0 Å². The van der Waals surface area contributed by atoms with Gasteiger partial charge >= 0.3 is 6.03 Å². The number of nitrogens with one attached hydrogen (secondary N) is 1. The Balaban J connectivity index is 1.68. The SMILES string of the molecule is COc1cc(NC(=O)N2CCS[C@H](c3ccccc3)CC2)cc(OC)c1OC. The van der Waals surface area contributed by atoms with Crippen LogP contribution >= 0.6 is 11.8 Å². The molecule has 1 heterocycles. The average molecular weight is 403 g/mol. The van der Waals surface area contributed by atoms with E-state index in [1.807, 2.05) is 22.7 Å². The lowest BCUT2D eigenvalue weighted by Gasteiger charge is -2.22. The monoisotopic (exact) mass is 402 g/mol. The summed E-state index contributed by atoms with van der Waals surface area (Å²) in [6.45, 7) is 1.42. The number of rotatable bonds is 5. The summed E-state index contributed by atoms with van der Waals surface area (Å²) >= 11 is 1.90. The second-order valence-electron chi connectivity index (χ2n) is 6.39. The van der Waals surface area contributed by atoms with Crippen molar-refractivity contribution >= 4 is 23.5 Å². The molecule has 1 aliphatic heterocycles. The van der Waals surface area contributed by atoms with E-state index in [9.17, 15) is 4.79 Å². The van der Waals surface area contributed by atoms with Gasteiger partial charge in [-0.15, -0.1) is 0 Å². The van der Waals surface area contributed by atoms with Crippen molar-refractivity contribution in [1.82, 2.24) is 4.90 Å². The van der Waals surface area contributed by atoms with Crippen molar-refractivity contribution in [3.05, 3.63) is 48.0 Å². The number of methoxy groups -OCH3 is 3. The maximum Gasteiger partial charge on any atom is 0.321 e. The average Bonchev–Trinajstić information content (AvgIpc) is 3.00. The van der Waals surface area contributed by atoms with Crippen molar-refractivity contribution in [1.29, 1.82) is 0 Å². The van der Waals surface area contributed by atoms with E-state index in [0.717, 1.165) is 12.2 Å². The first kappa shape index (κ1) is 20.2. The number of carbonyl (C=O) groups is 1. The number of urea groups is 1. The highest BCUT2D eigenvalue weighted by molar-refractivity contribution is 7.99. The van der Waals surface area contributed by atoms with Crippen LogP contribution in [0.25, 0.3) is 0 Å². The third-order valence-electron chi connectivity index (χ3n) is 4.72. The Labute approximate surface area is 170 Å². The molecule has 0 unspecified atom stereocenters. The lowest BCUT2D eigenvalue weighted by Crippen LogP contribution is -2.36. The Morgan fingerprint density at radius 1 is 1.04 bits per heavy atom. The second-order valence-corrected chi connectivity index (χ2v) is 7.70. The zero-order chi connectivity index (χ0) is 19.9. The molecule has 2 aromatic carbocycles. The van der Waals surface area contributed by atoms with Gasteiger partial charge in [0.15, 0.2) is 11.5 Å². The zero-order valence-electron chi connectivity index (χ0n) is 16.4. The molecule has 3 rings (SSSR count). The summed E-state index contributed by atoms with van der Waals surface area (Å²) in [7, 11) is 4.66. The van der Waals surface area contributed by atoms with Gasteiger partial charge in [0.25, 0.3) is 0 Å². The van der Waals surface area contributed by atoms with Crippen molar-refractivity contribution in [2.75, 3.05) is 45.5 Å². The number of amides is 2. The van der Waals surface area contributed by atoms with Crippen LogP contribution < -0.4 is 19.5 Å². The molecule has 0 spiro atoms. The molecule has 6 nitrogen and oxygen atoms in total. The number of hydrogen-bond donors (Lipinski definition) is 1. The minimum Gasteiger partial charge on any atom is -0.493 e. The van der Waals surface area contributed by atoms with Gasteiger partial charge in [0, 0.05) is 36.2 Å². The summed E-state index contributed by atoms with van der Waals surface area (Å²) in [5.41, 5.74) is 1.93. The number of benzene rings is 2. The van der Waals surface area contributed by atoms with Gasteiger partial charge in [-0.25, -0.2) is 4.79 Å². The third kappa shape index (κ3) is 4.65. The second kappa shape index (κ2) is 9.59. The Morgan fingerprint density at radius 3 is 2.32 bits per heavy atom. The molecule has 1 fully saturated rings. The Kier molecular flexibility index (Phi) is 6.92. The molecule has 7 heteroatoms. The van der Waals surface area contributed by atoms with E-state index in [1.165, 1.54) is 5.56 Å². The van der Waals surface area contributed by atoms with Crippen LogP contribution in [0, 0.1) is 0 Å². The van der Waals surface area contributed by atoms with Crippen LogP contribution in [0.15, 0.2) is 42.5 Å². The maximum absolute atomic E-state index is 12.8. The number of anilines is 1. The first-order valence-electron chi connectivity index (χ1n) is 9.18. The van der Waals surface area contributed by atoms with E-state index in [1.54, 1.807) is 33.5 Å². The number of ether oxygens (including phenoxy) is 3. The molecule has 150 valence electrons. The van der Waals surface area contributed by atoms with Gasteiger partial charge in [-0.2, -0.15) is 11.8 Å². The number of nitrogens with zero attached hydrogens (tertiary/aromatic N) is 1.